The van der Waals surface area contributed by atoms with Crippen LogP contribution in [0.15, 0.2) is 18.2 Å². The van der Waals surface area contributed by atoms with Gasteiger partial charge in [-0.15, -0.1) is 0 Å². The zero-order valence-electron chi connectivity index (χ0n) is 12.8. The molecule has 0 spiro atoms. The van der Waals surface area contributed by atoms with E-state index in [0.29, 0.717) is 17.9 Å². The van der Waals surface area contributed by atoms with Gasteiger partial charge in [-0.05, 0) is 32.0 Å². The second kappa shape index (κ2) is 7.43. The molecule has 1 aliphatic rings. The molecule has 2 rings (SSSR count). The molecule has 5 heteroatoms. The summed E-state index contributed by atoms with van der Waals surface area (Å²) in [5, 5.41) is 9.06. The van der Waals surface area contributed by atoms with Crippen LogP contribution in [0.4, 0.5) is 5.69 Å². The number of methoxy groups -OCH3 is 1. The van der Waals surface area contributed by atoms with E-state index in [2.05, 4.69) is 9.80 Å². The summed E-state index contributed by atoms with van der Waals surface area (Å²) in [6.45, 7) is 6.13. The van der Waals surface area contributed by atoms with Crippen LogP contribution in [0.1, 0.15) is 23.7 Å². The number of carbonyl (C=O) groups is 1. The van der Waals surface area contributed by atoms with Crippen LogP contribution >= 0.6 is 0 Å². The van der Waals surface area contributed by atoms with Gasteiger partial charge in [0.1, 0.15) is 5.75 Å². The summed E-state index contributed by atoms with van der Waals surface area (Å²) in [6, 6.07) is 5.74. The third kappa shape index (κ3) is 3.74. The van der Waals surface area contributed by atoms with Crippen molar-refractivity contribution in [3.05, 3.63) is 23.8 Å². The number of Topliss-reactive ketones (excluding diaryl/α,β-unsaturated/α-hetero) is 1. The highest BCUT2D eigenvalue weighted by Gasteiger charge is 2.21. The Morgan fingerprint density at radius 3 is 2.76 bits per heavy atom. The number of ether oxygens (including phenoxy) is 1. The average Bonchev–Trinajstić information content (AvgIpc) is 2.72. The highest BCUT2D eigenvalue weighted by atomic mass is 16.5. The number of ketones is 1. The van der Waals surface area contributed by atoms with Crippen LogP contribution in [0, 0.1) is 0 Å². The molecule has 0 aliphatic carbocycles. The predicted octanol–water partition coefficient (Wildman–Crippen LogP) is 1.40. The largest absolute Gasteiger partial charge is 0.496 e. The van der Waals surface area contributed by atoms with Crippen molar-refractivity contribution in [2.45, 2.75) is 13.3 Å². The summed E-state index contributed by atoms with van der Waals surface area (Å²) >= 11 is 0. The normalized spacial score (nSPS) is 16.6. The minimum absolute atomic E-state index is 0.0268. The van der Waals surface area contributed by atoms with Gasteiger partial charge in [-0.1, -0.05) is 6.07 Å². The fourth-order valence-corrected chi connectivity index (χ4v) is 2.88. The van der Waals surface area contributed by atoms with Crippen molar-refractivity contribution >= 4 is 11.5 Å². The summed E-state index contributed by atoms with van der Waals surface area (Å²) in [7, 11) is 1.59. The van der Waals surface area contributed by atoms with Gasteiger partial charge < -0.3 is 14.7 Å². The van der Waals surface area contributed by atoms with Crippen LogP contribution in [-0.4, -0.2) is 62.2 Å². The van der Waals surface area contributed by atoms with Crippen LogP contribution < -0.4 is 9.64 Å². The summed E-state index contributed by atoms with van der Waals surface area (Å²) in [5.74, 6) is 0.662. The maximum Gasteiger partial charge on any atom is 0.165 e. The lowest BCUT2D eigenvalue weighted by Crippen LogP contribution is -2.33. The summed E-state index contributed by atoms with van der Waals surface area (Å²) < 4.78 is 5.34. The summed E-state index contributed by atoms with van der Waals surface area (Å²) in [4.78, 5) is 16.5. The molecular weight excluding hydrogens is 268 g/mol. The van der Waals surface area contributed by atoms with E-state index in [1.807, 2.05) is 18.2 Å². The zero-order valence-corrected chi connectivity index (χ0v) is 12.8. The first kappa shape index (κ1) is 15.8. The lowest BCUT2D eigenvalue weighted by Gasteiger charge is -2.26. The molecule has 21 heavy (non-hydrogen) atoms. The Kier molecular flexibility index (Phi) is 5.59. The third-order valence-electron chi connectivity index (χ3n) is 3.92. The molecule has 0 amide bonds. The average molecular weight is 292 g/mol. The Bertz CT molecular complexity index is 490. The van der Waals surface area contributed by atoms with Crippen LogP contribution in [0.5, 0.6) is 5.75 Å². The van der Waals surface area contributed by atoms with E-state index in [4.69, 9.17) is 9.84 Å². The maximum absolute atomic E-state index is 12.0. The Morgan fingerprint density at radius 2 is 2.10 bits per heavy atom. The number of β-amino-alcohol motifs (C(OH)–C–C–N with tert-alkyl or cyclic N) is 1. The number of aliphatic hydroxyl groups is 1. The molecule has 116 valence electrons. The fourth-order valence-electron chi connectivity index (χ4n) is 2.88. The summed E-state index contributed by atoms with van der Waals surface area (Å²) in [6.07, 6.45) is 1.02. The van der Waals surface area contributed by atoms with E-state index >= 15 is 0 Å². The van der Waals surface area contributed by atoms with Gasteiger partial charge in [0.15, 0.2) is 5.78 Å². The molecule has 0 aromatic heterocycles. The molecule has 1 N–H and O–H groups in total. The SMILES string of the molecule is COc1cccc(N2CCCN(CCO)CC2)c1C(C)=O. The van der Waals surface area contributed by atoms with Gasteiger partial charge in [-0.2, -0.15) is 0 Å². The Morgan fingerprint density at radius 1 is 1.29 bits per heavy atom. The third-order valence-corrected chi connectivity index (χ3v) is 3.92. The van der Waals surface area contributed by atoms with Crippen molar-refractivity contribution in [3.8, 4) is 5.75 Å². The Labute approximate surface area is 126 Å². The molecule has 1 aliphatic heterocycles. The standard InChI is InChI=1S/C16H24N2O3/c1-13(20)16-14(5-3-6-15(16)21-2)18-8-4-7-17(9-10-18)11-12-19/h3,5-6,19H,4,7-12H2,1-2H3. The topological polar surface area (TPSA) is 53.0 Å². The minimum Gasteiger partial charge on any atom is -0.496 e. The molecule has 5 nitrogen and oxygen atoms in total. The van der Waals surface area contributed by atoms with Gasteiger partial charge in [-0.3, -0.25) is 9.69 Å². The van der Waals surface area contributed by atoms with Gasteiger partial charge in [0.2, 0.25) is 0 Å². The lowest BCUT2D eigenvalue weighted by molar-refractivity contribution is 0.101. The van der Waals surface area contributed by atoms with Gasteiger partial charge >= 0.3 is 0 Å². The van der Waals surface area contributed by atoms with E-state index in [0.717, 1.165) is 38.3 Å². The molecule has 1 heterocycles. The molecule has 0 unspecified atom stereocenters. The van der Waals surface area contributed by atoms with E-state index in [9.17, 15) is 4.79 Å². The number of hydrogen-bond donors (Lipinski definition) is 1. The zero-order chi connectivity index (χ0) is 15.2. The number of rotatable bonds is 5. The molecule has 1 aromatic carbocycles. The van der Waals surface area contributed by atoms with Gasteiger partial charge in [0, 0.05) is 26.2 Å². The lowest BCUT2D eigenvalue weighted by atomic mass is 10.1. The fraction of sp³-hybridized carbons (Fsp3) is 0.562. The van der Waals surface area contributed by atoms with E-state index < -0.39 is 0 Å². The summed E-state index contributed by atoms with van der Waals surface area (Å²) in [5.41, 5.74) is 1.61. The number of aliphatic hydroxyl groups excluding tert-OH is 1. The van der Waals surface area contributed by atoms with Crippen LogP contribution in [0.2, 0.25) is 0 Å². The first-order chi connectivity index (χ1) is 10.2. The monoisotopic (exact) mass is 292 g/mol. The second-order valence-electron chi connectivity index (χ2n) is 5.32. The number of nitrogens with zero attached hydrogens (tertiary/aromatic N) is 2. The number of carbonyl (C=O) groups excluding carboxylic acids is 1. The van der Waals surface area contributed by atoms with Crippen molar-refractivity contribution in [3.63, 3.8) is 0 Å². The van der Waals surface area contributed by atoms with Gasteiger partial charge in [-0.25, -0.2) is 0 Å². The number of hydrogen-bond acceptors (Lipinski definition) is 5. The van der Waals surface area contributed by atoms with E-state index in [1.54, 1.807) is 14.0 Å². The van der Waals surface area contributed by atoms with Crippen molar-refractivity contribution in [2.75, 3.05) is 51.3 Å². The Balaban J connectivity index is 2.23. The first-order valence-electron chi connectivity index (χ1n) is 7.43. The molecule has 1 aromatic rings. The minimum atomic E-state index is 0.0268. The van der Waals surface area contributed by atoms with Crippen LogP contribution in [0.25, 0.3) is 0 Å². The molecule has 0 radical (unpaired) electrons. The molecule has 1 saturated heterocycles. The molecule has 1 fully saturated rings. The highest BCUT2D eigenvalue weighted by Crippen LogP contribution is 2.30. The first-order valence-corrected chi connectivity index (χ1v) is 7.43. The molecular formula is C16H24N2O3. The van der Waals surface area contributed by atoms with Crippen molar-refractivity contribution in [1.82, 2.24) is 4.90 Å². The van der Waals surface area contributed by atoms with Crippen molar-refractivity contribution in [1.29, 1.82) is 0 Å². The molecule has 0 saturated carbocycles. The molecule has 0 bridgehead atoms. The second-order valence-corrected chi connectivity index (χ2v) is 5.32. The number of anilines is 1. The predicted molar refractivity (Wildman–Crippen MR) is 83.4 cm³/mol. The Hall–Kier alpha value is -1.59. The quantitative estimate of drug-likeness (QED) is 0.832. The molecule has 0 atom stereocenters. The highest BCUT2D eigenvalue weighted by molar-refractivity contribution is 6.02. The van der Waals surface area contributed by atoms with Crippen molar-refractivity contribution in [2.24, 2.45) is 0 Å². The smallest absolute Gasteiger partial charge is 0.165 e. The van der Waals surface area contributed by atoms with Gasteiger partial charge in [0.05, 0.1) is 25.0 Å². The van der Waals surface area contributed by atoms with Gasteiger partial charge in [0.25, 0.3) is 0 Å². The number of benzene rings is 1. The van der Waals surface area contributed by atoms with E-state index in [1.165, 1.54) is 0 Å². The van der Waals surface area contributed by atoms with Crippen LogP contribution in [0.3, 0.4) is 0 Å². The maximum atomic E-state index is 12.0. The van der Waals surface area contributed by atoms with Crippen molar-refractivity contribution < 1.29 is 14.6 Å². The van der Waals surface area contributed by atoms with Crippen LogP contribution in [-0.2, 0) is 0 Å². The van der Waals surface area contributed by atoms with E-state index in [-0.39, 0.29) is 12.4 Å².